The van der Waals surface area contributed by atoms with Gasteiger partial charge in [0.1, 0.15) is 6.10 Å². The molecule has 1 atom stereocenters. The Balaban J connectivity index is 5.99. The highest BCUT2D eigenvalue weighted by molar-refractivity contribution is 5.87. The molecule has 23 heteroatoms. The fourth-order valence-corrected chi connectivity index (χ4v) is 2.39. The van der Waals surface area contributed by atoms with E-state index in [9.17, 15) is 92.6 Å². The number of hydrogen-bond acceptors (Lipinski definition) is 3. The van der Waals surface area contributed by atoms with Crippen molar-refractivity contribution in [1.29, 1.82) is 0 Å². The summed E-state index contributed by atoms with van der Waals surface area (Å²) in [6.45, 7) is -0.718. The number of hydrogen-bond donors (Lipinski definition) is 0. The number of carbonyl (C=O) groups is 1. The monoisotopic (exact) mass is 658 g/mol. The second-order valence-electron chi connectivity index (χ2n) is 8.11. The first-order chi connectivity index (χ1) is 17.7. The molecule has 0 fully saturated rings. The summed E-state index contributed by atoms with van der Waals surface area (Å²) >= 11 is 0. The standard InChI is InChI=1S/C18H14F20O3/c1-7(2)9(39)41-8(5-11(21,22)13(25,26)14(27,28)16(31,32)18(36,37)38)6-40-4-3-10(19,20)12(23,24)15(29,30)17(33,34)35/h8H,1,3-6H2,2H3. The van der Waals surface area contributed by atoms with E-state index in [0.29, 0.717) is 6.92 Å². The van der Waals surface area contributed by atoms with Gasteiger partial charge in [-0.1, -0.05) is 6.58 Å². The van der Waals surface area contributed by atoms with Crippen LogP contribution in [0.2, 0.25) is 0 Å². The van der Waals surface area contributed by atoms with Gasteiger partial charge in [0, 0.05) is 12.0 Å². The molecular weight excluding hydrogens is 644 g/mol. The molecule has 0 amide bonds. The molecule has 0 aliphatic heterocycles. The van der Waals surface area contributed by atoms with Crippen LogP contribution >= 0.6 is 0 Å². The van der Waals surface area contributed by atoms with Crippen molar-refractivity contribution in [1.82, 2.24) is 0 Å². The van der Waals surface area contributed by atoms with Crippen molar-refractivity contribution >= 4 is 5.97 Å². The van der Waals surface area contributed by atoms with E-state index < -0.39 is 97.5 Å². The number of alkyl halides is 20. The van der Waals surface area contributed by atoms with Crippen molar-refractivity contribution in [3.05, 3.63) is 12.2 Å². The van der Waals surface area contributed by atoms with Gasteiger partial charge < -0.3 is 9.47 Å². The molecule has 0 heterocycles. The van der Waals surface area contributed by atoms with Crippen LogP contribution in [0.5, 0.6) is 0 Å². The van der Waals surface area contributed by atoms with Crippen LogP contribution in [-0.2, 0) is 14.3 Å². The van der Waals surface area contributed by atoms with Crippen molar-refractivity contribution in [3.8, 4) is 0 Å². The summed E-state index contributed by atoms with van der Waals surface area (Å²) in [5.41, 5.74) is -0.834. The lowest BCUT2D eigenvalue weighted by atomic mass is 9.94. The molecule has 3 nitrogen and oxygen atoms in total. The van der Waals surface area contributed by atoms with E-state index in [2.05, 4.69) is 16.1 Å². The van der Waals surface area contributed by atoms with Gasteiger partial charge in [0.25, 0.3) is 0 Å². The summed E-state index contributed by atoms with van der Waals surface area (Å²) in [5.74, 6) is -52.8. The molecule has 0 aliphatic carbocycles. The molecule has 0 N–H and O–H groups in total. The van der Waals surface area contributed by atoms with Crippen LogP contribution in [0.1, 0.15) is 19.8 Å². The molecule has 41 heavy (non-hydrogen) atoms. The number of ether oxygens (including phenoxy) is 2. The van der Waals surface area contributed by atoms with Crippen LogP contribution in [0.15, 0.2) is 12.2 Å². The molecule has 0 radical (unpaired) electrons. The van der Waals surface area contributed by atoms with E-state index in [-0.39, 0.29) is 0 Å². The van der Waals surface area contributed by atoms with Crippen LogP contribution < -0.4 is 0 Å². The van der Waals surface area contributed by atoms with Gasteiger partial charge in [-0.25, -0.2) is 4.79 Å². The molecular formula is C18H14F20O3. The number of halogens is 20. The summed E-state index contributed by atoms with van der Waals surface area (Å²) in [5, 5.41) is 0. The quantitative estimate of drug-likeness (QED) is 0.0827. The van der Waals surface area contributed by atoms with Gasteiger partial charge in [0.2, 0.25) is 0 Å². The Hall–Kier alpha value is -2.23. The van der Waals surface area contributed by atoms with E-state index in [1.54, 1.807) is 0 Å². The lowest BCUT2D eigenvalue weighted by Crippen LogP contribution is -2.66. The first-order valence-electron chi connectivity index (χ1n) is 9.88. The predicted octanol–water partition coefficient (Wildman–Crippen LogP) is 7.84. The highest BCUT2D eigenvalue weighted by Crippen LogP contribution is 2.58. The maximum atomic E-state index is 14.0. The molecule has 0 saturated heterocycles. The highest BCUT2D eigenvalue weighted by Gasteiger charge is 2.87. The van der Waals surface area contributed by atoms with Crippen molar-refractivity contribution in [2.75, 3.05) is 13.2 Å². The van der Waals surface area contributed by atoms with Gasteiger partial charge in [-0.15, -0.1) is 0 Å². The second-order valence-corrected chi connectivity index (χ2v) is 8.11. The third-order valence-electron chi connectivity index (χ3n) is 4.78. The molecule has 0 bridgehead atoms. The molecule has 0 spiro atoms. The smallest absolute Gasteiger partial charge is 0.456 e. The molecule has 0 saturated carbocycles. The van der Waals surface area contributed by atoms with Crippen LogP contribution in [0, 0.1) is 0 Å². The van der Waals surface area contributed by atoms with Gasteiger partial charge in [-0.2, -0.15) is 87.8 Å². The lowest BCUT2D eigenvalue weighted by molar-refractivity contribution is -0.423. The Labute approximate surface area is 214 Å². The van der Waals surface area contributed by atoms with Gasteiger partial charge >= 0.3 is 59.8 Å². The van der Waals surface area contributed by atoms with E-state index in [0.717, 1.165) is 0 Å². The highest BCUT2D eigenvalue weighted by atomic mass is 19.4. The predicted molar refractivity (Wildman–Crippen MR) is 91.5 cm³/mol. The van der Waals surface area contributed by atoms with Gasteiger partial charge in [-0.05, 0) is 6.92 Å². The summed E-state index contributed by atoms with van der Waals surface area (Å²) in [4.78, 5) is 11.5. The Morgan fingerprint density at radius 1 is 0.610 bits per heavy atom. The zero-order chi connectivity index (χ0) is 33.5. The third kappa shape index (κ3) is 7.23. The van der Waals surface area contributed by atoms with Crippen LogP contribution in [0.25, 0.3) is 0 Å². The van der Waals surface area contributed by atoms with Crippen LogP contribution in [0.4, 0.5) is 87.8 Å². The van der Waals surface area contributed by atoms with Gasteiger partial charge in [0.15, 0.2) is 0 Å². The van der Waals surface area contributed by atoms with E-state index in [1.807, 2.05) is 0 Å². The minimum Gasteiger partial charge on any atom is -0.456 e. The molecule has 0 aliphatic rings. The molecule has 244 valence electrons. The summed E-state index contributed by atoms with van der Waals surface area (Å²) < 4.78 is 268. The Morgan fingerprint density at radius 3 is 1.34 bits per heavy atom. The maximum absolute atomic E-state index is 14.0. The largest absolute Gasteiger partial charge is 0.460 e. The zero-order valence-electron chi connectivity index (χ0n) is 19.4. The molecule has 0 rings (SSSR count). The first-order valence-corrected chi connectivity index (χ1v) is 9.88. The average Bonchev–Trinajstić information content (AvgIpc) is 2.73. The Morgan fingerprint density at radius 2 is 0.976 bits per heavy atom. The maximum Gasteiger partial charge on any atom is 0.460 e. The summed E-state index contributed by atoms with van der Waals surface area (Å²) in [6, 6.07) is 0. The summed E-state index contributed by atoms with van der Waals surface area (Å²) in [7, 11) is 0. The van der Waals surface area contributed by atoms with Gasteiger partial charge in [-0.3, -0.25) is 0 Å². The SMILES string of the molecule is C=C(C)C(=O)OC(COCCC(F)(F)C(F)(F)C(F)(F)C(F)(F)F)CC(F)(F)C(F)(F)C(F)(F)C(F)(F)C(F)(F)F. The van der Waals surface area contributed by atoms with Crippen molar-refractivity contribution in [2.45, 2.75) is 79.7 Å². The van der Waals surface area contributed by atoms with E-state index in [1.165, 1.54) is 0 Å². The van der Waals surface area contributed by atoms with Crippen LogP contribution in [0.3, 0.4) is 0 Å². The van der Waals surface area contributed by atoms with Gasteiger partial charge in [0.05, 0.1) is 19.6 Å². The summed E-state index contributed by atoms with van der Waals surface area (Å²) in [6.07, 6.45) is -23.9. The number of rotatable bonds is 14. The fourth-order valence-electron chi connectivity index (χ4n) is 2.39. The van der Waals surface area contributed by atoms with Crippen molar-refractivity contribution in [3.63, 3.8) is 0 Å². The number of carbonyl (C=O) groups excluding carboxylic acids is 1. The van der Waals surface area contributed by atoms with E-state index in [4.69, 9.17) is 0 Å². The number of esters is 1. The first kappa shape index (κ1) is 38.8. The van der Waals surface area contributed by atoms with Crippen LogP contribution in [-0.4, -0.2) is 79.1 Å². The minimum atomic E-state index is -7.90. The Kier molecular flexibility index (Phi) is 10.8. The Bertz CT molecular complexity index is 933. The molecule has 1 unspecified atom stereocenters. The van der Waals surface area contributed by atoms with Crippen molar-refractivity contribution < 1.29 is 102 Å². The zero-order valence-corrected chi connectivity index (χ0v) is 19.4. The molecule has 0 aromatic rings. The van der Waals surface area contributed by atoms with Crippen molar-refractivity contribution in [2.24, 2.45) is 0 Å². The third-order valence-corrected chi connectivity index (χ3v) is 4.78. The molecule has 0 aromatic heterocycles. The topological polar surface area (TPSA) is 35.5 Å². The average molecular weight is 658 g/mol. The second kappa shape index (κ2) is 11.5. The minimum absolute atomic E-state index is 0.689. The lowest BCUT2D eigenvalue weighted by Gasteiger charge is -2.38. The molecule has 0 aromatic carbocycles. The normalized spacial score (nSPS) is 16.0. The fraction of sp³-hybridized carbons (Fsp3) is 0.833. The van der Waals surface area contributed by atoms with E-state index >= 15 is 0 Å².